The third kappa shape index (κ3) is 2.62. The lowest BCUT2D eigenvalue weighted by molar-refractivity contribution is 0.0153. The van der Waals surface area contributed by atoms with E-state index in [2.05, 4.69) is 10.1 Å². The van der Waals surface area contributed by atoms with E-state index in [0.29, 0.717) is 24.7 Å². The number of fused-ring (bicyclic) bond motifs is 2. The summed E-state index contributed by atoms with van der Waals surface area (Å²) in [4.78, 5) is 18.9. The average molecular weight is 349 g/mol. The molecule has 0 saturated carbocycles. The minimum atomic E-state index is -0.0526. The Balaban J connectivity index is 1.24. The molecule has 132 valence electrons. The fourth-order valence-electron chi connectivity index (χ4n) is 3.66. The fraction of sp³-hybridized carbons (Fsp3) is 0.350. The van der Waals surface area contributed by atoms with Crippen LogP contribution in [0.3, 0.4) is 0 Å². The van der Waals surface area contributed by atoms with Gasteiger partial charge >= 0.3 is 0 Å². The Kier molecular flexibility index (Phi) is 3.62. The molecule has 0 atom stereocenters. The summed E-state index contributed by atoms with van der Waals surface area (Å²) in [6.07, 6.45) is 3.93. The third-order valence-electron chi connectivity index (χ3n) is 5.15. The van der Waals surface area contributed by atoms with E-state index in [9.17, 15) is 4.79 Å². The zero-order valence-electron chi connectivity index (χ0n) is 14.4. The van der Waals surface area contributed by atoms with E-state index < -0.39 is 0 Å². The molecule has 1 aliphatic carbocycles. The van der Waals surface area contributed by atoms with Crippen molar-refractivity contribution in [2.45, 2.75) is 31.8 Å². The van der Waals surface area contributed by atoms with Crippen molar-refractivity contribution in [2.75, 3.05) is 13.1 Å². The van der Waals surface area contributed by atoms with Gasteiger partial charge in [-0.2, -0.15) is 0 Å². The minimum Gasteiger partial charge on any atom is -0.471 e. The molecule has 1 saturated heterocycles. The molecule has 6 nitrogen and oxygen atoms in total. The number of carbonyl (C=O) groups excluding carboxylic acids is 1. The monoisotopic (exact) mass is 349 g/mol. The number of pyridine rings is 1. The van der Waals surface area contributed by atoms with E-state index >= 15 is 0 Å². The average Bonchev–Trinajstić information content (AvgIpc) is 3.08. The smallest absolute Gasteiger partial charge is 0.276 e. The molecule has 1 fully saturated rings. The first-order chi connectivity index (χ1) is 12.8. The van der Waals surface area contributed by atoms with E-state index in [4.69, 9.17) is 9.26 Å². The first-order valence-electron chi connectivity index (χ1n) is 9.07. The molecule has 1 aliphatic heterocycles. The second-order valence-electron chi connectivity index (χ2n) is 6.93. The van der Waals surface area contributed by atoms with Crippen LogP contribution in [-0.2, 0) is 12.8 Å². The van der Waals surface area contributed by atoms with Crippen LogP contribution in [0.1, 0.15) is 34.7 Å². The molecule has 3 aromatic rings. The Morgan fingerprint density at radius 1 is 1.12 bits per heavy atom. The first-order valence-corrected chi connectivity index (χ1v) is 9.07. The molecular weight excluding hydrogens is 330 g/mol. The van der Waals surface area contributed by atoms with Gasteiger partial charge in [0.15, 0.2) is 5.69 Å². The standard InChI is InChI=1S/C20H19N3O3/c24-20(19-15-6-2-4-8-17(15)26-22-19)23-11-14(12-23)25-18-10-9-13-5-1-3-7-16(13)21-18/h1,3,5,7,9-10,14H,2,4,6,8,11-12H2. The molecule has 6 heteroatoms. The molecule has 1 amide bonds. The summed E-state index contributed by atoms with van der Waals surface area (Å²) in [5, 5.41) is 5.11. The van der Waals surface area contributed by atoms with Gasteiger partial charge in [-0.05, 0) is 31.4 Å². The van der Waals surface area contributed by atoms with Crippen LogP contribution in [0.5, 0.6) is 5.88 Å². The number of hydrogen-bond donors (Lipinski definition) is 0. The molecule has 0 bridgehead atoms. The highest BCUT2D eigenvalue weighted by molar-refractivity contribution is 5.94. The molecular formula is C20H19N3O3. The van der Waals surface area contributed by atoms with Crippen LogP contribution < -0.4 is 4.74 Å². The number of likely N-dealkylation sites (tertiary alicyclic amines) is 1. The van der Waals surface area contributed by atoms with Gasteiger partial charge in [-0.3, -0.25) is 4.79 Å². The molecule has 0 radical (unpaired) electrons. The summed E-state index contributed by atoms with van der Waals surface area (Å²) >= 11 is 0. The number of benzene rings is 1. The van der Waals surface area contributed by atoms with E-state index in [1.165, 1.54) is 0 Å². The van der Waals surface area contributed by atoms with E-state index in [0.717, 1.165) is 47.9 Å². The van der Waals surface area contributed by atoms with Gasteiger partial charge in [-0.1, -0.05) is 23.4 Å². The van der Waals surface area contributed by atoms with Crippen LogP contribution in [0.2, 0.25) is 0 Å². The van der Waals surface area contributed by atoms with E-state index in [1.54, 1.807) is 4.90 Å². The molecule has 5 rings (SSSR count). The summed E-state index contributed by atoms with van der Waals surface area (Å²) in [5.74, 6) is 1.43. The van der Waals surface area contributed by atoms with Crippen molar-refractivity contribution < 1.29 is 14.1 Å². The normalized spacial score (nSPS) is 17.0. The van der Waals surface area contributed by atoms with Gasteiger partial charge in [0.1, 0.15) is 11.9 Å². The zero-order valence-corrected chi connectivity index (χ0v) is 14.4. The van der Waals surface area contributed by atoms with Gasteiger partial charge in [0.25, 0.3) is 5.91 Å². The topological polar surface area (TPSA) is 68.5 Å². The Labute approximate surface area is 150 Å². The summed E-state index contributed by atoms with van der Waals surface area (Å²) in [6.45, 7) is 1.10. The highest BCUT2D eigenvalue weighted by Gasteiger charge is 2.36. The van der Waals surface area contributed by atoms with Crippen LogP contribution in [-0.4, -0.2) is 40.1 Å². The lowest BCUT2D eigenvalue weighted by Gasteiger charge is -2.38. The summed E-state index contributed by atoms with van der Waals surface area (Å²) < 4.78 is 11.3. The number of ether oxygens (including phenoxy) is 1. The van der Waals surface area contributed by atoms with Crippen molar-refractivity contribution in [3.05, 3.63) is 53.4 Å². The molecule has 0 N–H and O–H groups in total. The lowest BCUT2D eigenvalue weighted by atomic mass is 9.96. The highest BCUT2D eigenvalue weighted by Crippen LogP contribution is 2.27. The van der Waals surface area contributed by atoms with Crippen molar-refractivity contribution in [3.8, 4) is 5.88 Å². The van der Waals surface area contributed by atoms with Crippen molar-refractivity contribution in [1.29, 1.82) is 0 Å². The maximum atomic E-state index is 12.7. The number of aromatic nitrogens is 2. The van der Waals surface area contributed by atoms with Crippen LogP contribution >= 0.6 is 0 Å². The Morgan fingerprint density at radius 2 is 1.96 bits per heavy atom. The molecule has 0 unspecified atom stereocenters. The Bertz CT molecular complexity index is 975. The Morgan fingerprint density at radius 3 is 2.88 bits per heavy atom. The van der Waals surface area contributed by atoms with Gasteiger partial charge in [0, 0.05) is 23.4 Å². The lowest BCUT2D eigenvalue weighted by Crippen LogP contribution is -2.56. The molecule has 1 aromatic carbocycles. The van der Waals surface area contributed by atoms with Crippen LogP contribution in [0.4, 0.5) is 0 Å². The second-order valence-corrected chi connectivity index (χ2v) is 6.93. The number of amides is 1. The molecule has 0 spiro atoms. The van der Waals surface area contributed by atoms with Crippen molar-refractivity contribution in [3.63, 3.8) is 0 Å². The maximum absolute atomic E-state index is 12.7. The maximum Gasteiger partial charge on any atom is 0.276 e. The number of nitrogens with zero attached hydrogens (tertiary/aromatic N) is 3. The zero-order chi connectivity index (χ0) is 17.5. The van der Waals surface area contributed by atoms with Crippen molar-refractivity contribution >= 4 is 16.8 Å². The van der Waals surface area contributed by atoms with Gasteiger partial charge in [0.2, 0.25) is 5.88 Å². The number of carbonyl (C=O) groups is 1. The Hall–Kier alpha value is -2.89. The predicted octanol–water partition coefficient (Wildman–Crippen LogP) is 3.01. The molecule has 26 heavy (non-hydrogen) atoms. The van der Waals surface area contributed by atoms with Gasteiger partial charge < -0.3 is 14.2 Å². The number of hydrogen-bond acceptors (Lipinski definition) is 5. The largest absolute Gasteiger partial charge is 0.471 e. The molecule has 3 heterocycles. The van der Waals surface area contributed by atoms with Gasteiger partial charge in [0.05, 0.1) is 18.6 Å². The minimum absolute atomic E-state index is 0.0321. The van der Waals surface area contributed by atoms with Crippen LogP contribution in [0.25, 0.3) is 10.9 Å². The summed E-state index contributed by atoms with van der Waals surface area (Å²) in [5.41, 5.74) is 2.40. The quantitative estimate of drug-likeness (QED) is 0.727. The van der Waals surface area contributed by atoms with Gasteiger partial charge in [-0.25, -0.2) is 4.98 Å². The van der Waals surface area contributed by atoms with Crippen LogP contribution in [0.15, 0.2) is 40.9 Å². The van der Waals surface area contributed by atoms with Crippen molar-refractivity contribution in [2.24, 2.45) is 0 Å². The summed E-state index contributed by atoms with van der Waals surface area (Å²) in [7, 11) is 0. The van der Waals surface area contributed by atoms with Crippen molar-refractivity contribution in [1.82, 2.24) is 15.0 Å². The molecule has 2 aromatic heterocycles. The molecule has 2 aliphatic rings. The van der Waals surface area contributed by atoms with Gasteiger partial charge in [-0.15, -0.1) is 0 Å². The predicted molar refractivity (Wildman–Crippen MR) is 95.2 cm³/mol. The third-order valence-corrected chi connectivity index (χ3v) is 5.15. The number of rotatable bonds is 3. The number of aryl methyl sites for hydroxylation is 1. The number of para-hydroxylation sites is 1. The van der Waals surface area contributed by atoms with E-state index in [-0.39, 0.29) is 12.0 Å². The SMILES string of the molecule is O=C(c1noc2c1CCCC2)N1CC(Oc2ccc3ccccc3n2)C1. The fourth-order valence-corrected chi connectivity index (χ4v) is 3.66. The summed E-state index contributed by atoms with van der Waals surface area (Å²) in [6, 6.07) is 11.8. The first kappa shape index (κ1) is 15.4. The van der Waals surface area contributed by atoms with Crippen LogP contribution in [0, 0.1) is 0 Å². The second kappa shape index (κ2) is 6.12. The van der Waals surface area contributed by atoms with E-state index in [1.807, 2.05) is 36.4 Å². The highest BCUT2D eigenvalue weighted by atomic mass is 16.5.